The molecule has 0 aliphatic rings. The Balaban J connectivity index is 2.69. The zero-order valence-electron chi connectivity index (χ0n) is 9.25. The van der Waals surface area contributed by atoms with Gasteiger partial charge in [-0.05, 0) is 30.5 Å². The van der Waals surface area contributed by atoms with Gasteiger partial charge in [0.15, 0.2) is 0 Å². The van der Waals surface area contributed by atoms with Crippen molar-refractivity contribution in [3.8, 4) is 0 Å². The van der Waals surface area contributed by atoms with Gasteiger partial charge in [-0.15, -0.1) is 0 Å². The van der Waals surface area contributed by atoms with Crippen molar-refractivity contribution in [2.24, 2.45) is 5.92 Å². The summed E-state index contributed by atoms with van der Waals surface area (Å²) in [5, 5.41) is 1.02. The molecule has 0 saturated carbocycles. The molecule has 4 heteroatoms. The summed E-state index contributed by atoms with van der Waals surface area (Å²) in [5.74, 6) is 0.500. The summed E-state index contributed by atoms with van der Waals surface area (Å²) >= 11 is 3.43. The van der Waals surface area contributed by atoms with E-state index in [0.29, 0.717) is 5.92 Å². The number of fused-ring (bicyclic) bond motifs is 1. The summed E-state index contributed by atoms with van der Waals surface area (Å²) in [7, 11) is 0. The standard InChI is InChI=1S/C12H13BrN2O/c1-7(2)5-11-9-6-8(13)3-4-10(9)14-12(16)15-11/h3-4,6-7H,5H2,1-2H3,(H,14,15,16). The molecule has 0 atom stereocenters. The number of benzene rings is 1. The van der Waals surface area contributed by atoms with Crippen LogP contribution in [0.4, 0.5) is 0 Å². The van der Waals surface area contributed by atoms with Crippen LogP contribution in [0.2, 0.25) is 0 Å². The molecule has 0 unspecified atom stereocenters. The number of halogens is 1. The van der Waals surface area contributed by atoms with Crippen molar-refractivity contribution in [2.75, 3.05) is 0 Å². The van der Waals surface area contributed by atoms with Gasteiger partial charge >= 0.3 is 5.69 Å². The lowest BCUT2D eigenvalue weighted by Gasteiger charge is -2.08. The monoisotopic (exact) mass is 280 g/mol. The lowest BCUT2D eigenvalue weighted by Crippen LogP contribution is -2.14. The highest BCUT2D eigenvalue weighted by Gasteiger charge is 2.07. The Bertz CT molecular complexity index is 575. The van der Waals surface area contributed by atoms with Crippen LogP contribution in [0.1, 0.15) is 19.5 Å². The van der Waals surface area contributed by atoms with E-state index in [-0.39, 0.29) is 5.69 Å². The molecule has 0 bridgehead atoms. The number of rotatable bonds is 2. The quantitative estimate of drug-likeness (QED) is 0.920. The summed E-state index contributed by atoms with van der Waals surface area (Å²) in [6.07, 6.45) is 0.852. The molecular formula is C12H13BrN2O. The van der Waals surface area contributed by atoms with Gasteiger partial charge in [-0.3, -0.25) is 0 Å². The second kappa shape index (κ2) is 4.37. The minimum atomic E-state index is -0.273. The van der Waals surface area contributed by atoms with E-state index in [9.17, 15) is 4.79 Å². The molecule has 0 radical (unpaired) electrons. The lowest BCUT2D eigenvalue weighted by molar-refractivity contribution is 0.636. The summed E-state index contributed by atoms with van der Waals surface area (Å²) in [6.45, 7) is 4.26. The van der Waals surface area contributed by atoms with Crippen molar-refractivity contribution < 1.29 is 0 Å². The van der Waals surface area contributed by atoms with Crippen LogP contribution in [0.5, 0.6) is 0 Å². The second-order valence-electron chi connectivity index (χ2n) is 4.28. The Kier molecular flexibility index (Phi) is 3.10. The van der Waals surface area contributed by atoms with Gasteiger partial charge in [-0.1, -0.05) is 29.8 Å². The molecule has 1 N–H and O–H groups in total. The van der Waals surface area contributed by atoms with E-state index < -0.39 is 0 Å². The summed E-state index contributed by atoms with van der Waals surface area (Å²) in [6, 6.07) is 5.75. The highest BCUT2D eigenvalue weighted by molar-refractivity contribution is 9.10. The fourth-order valence-corrected chi connectivity index (χ4v) is 2.11. The minimum Gasteiger partial charge on any atom is -0.309 e. The predicted octanol–water partition coefficient (Wildman–Crippen LogP) is 2.88. The molecule has 16 heavy (non-hydrogen) atoms. The summed E-state index contributed by atoms with van der Waals surface area (Å²) < 4.78 is 0.999. The van der Waals surface area contributed by atoms with E-state index in [2.05, 4.69) is 39.7 Å². The van der Waals surface area contributed by atoms with E-state index in [1.807, 2.05) is 18.2 Å². The molecule has 1 heterocycles. The van der Waals surface area contributed by atoms with Gasteiger partial charge in [-0.2, -0.15) is 4.98 Å². The molecule has 1 aromatic heterocycles. The van der Waals surface area contributed by atoms with Crippen molar-refractivity contribution in [3.05, 3.63) is 38.9 Å². The van der Waals surface area contributed by atoms with Crippen molar-refractivity contribution in [1.29, 1.82) is 0 Å². The van der Waals surface area contributed by atoms with E-state index in [4.69, 9.17) is 0 Å². The fraction of sp³-hybridized carbons (Fsp3) is 0.333. The average molecular weight is 281 g/mol. The SMILES string of the molecule is CC(C)Cc1[nH]c(=O)nc2ccc(Br)cc12. The molecule has 2 aromatic rings. The van der Waals surface area contributed by atoms with Gasteiger partial charge in [0.25, 0.3) is 0 Å². The first kappa shape index (κ1) is 11.3. The molecule has 0 spiro atoms. The number of aromatic nitrogens is 2. The maximum Gasteiger partial charge on any atom is 0.345 e. The van der Waals surface area contributed by atoms with Gasteiger partial charge < -0.3 is 4.98 Å². The van der Waals surface area contributed by atoms with Gasteiger partial charge in [0.1, 0.15) is 0 Å². The minimum absolute atomic E-state index is 0.273. The van der Waals surface area contributed by atoms with Crippen LogP contribution in [0.15, 0.2) is 27.5 Å². The van der Waals surface area contributed by atoms with Crippen LogP contribution in [-0.2, 0) is 6.42 Å². The first-order chi connectivity index (χ1) is 7.56. The largest absolute Gasteiger partial charge is 0.345 e. The zero-order valence-corrected chi connectivity index (χ0v) is 10.8. The van der Waals surface area contributed by atoms with E-state index >= 15 is 0 Å². The van der Waals surface area contributed by atoms with Crippen LogP contribution in [0, 0.1) is 5.92 Å². The Morgan fingerprint density at radius 2 is 2.19 bits per heavy atom. The Labute approximate surface area is 102 Å². The normalized spacial score (nSPS) is 11.2. The smallest absolute Gasteiger partial charge is 0.309 e. The van der Waals surface area contributed by atoms with Crippen molar-refractivity contribution in [1.82, 2.24) is 9.97 Å². The Hall–Kier alpha value is -1.16. The molecule has 2 rings (SSSR count). The number of nitrogens with zero attached hydrogens (tertiary/aromatic N) is 1. The third kappa shape index (κ3) is 2.32. The van der Waals surface area contributed by atoms with Crippen LogP contribution >= 0.6 is 15.9 Å². The maximum absolute atomic E-state index is 11.4. The molecule has 0 aliphatic carbocycles. The van der Waals surface area contributed by atoms with Gasteiger partial charge in [0.2, 0.25) is 0 Å². The molecule has 0 saturated heterocycles. The molecule has 84 valence electrons. The third-order valence-corrected chi connectivity index (χ3v) is 2.87. The van der Waals surface area contributed by atoms with Gasteiger partial charge in [-0.25, -0.2) is 4.79 Å². The molecule has 0 amide bonds. The van der Waals surface area contributed by atoms with E-state index in [1.165, 1.54) is 0 Å². The van der Waals surface area contributed by atoms with Gasteiger partial charge in [0.05, 0.1) is 5.52 Å². The number of nitrogens with one attached hydrogen (secondary N) is 1. The Morgan fingerprint density at radius 1 is 1.44 bits per heavy atom. The highest BCUT2D eigenvalue weighted by atomic mass is 79.9. The second-order valence-corrected chi connectivity index (χ2v) is 5.20. The van der Waals surface area contributed by atoms with E-state index in [1.54, 1.807) is 0 Å². The topological polar surface area (TPSA) is 45.8 Å². The predicted molar refractivity (Wildman–Crippen MR) is 68.6 cm³/mol. The van der Waals surface area contributed by atoms with Crippen LogP contribution in [-0.4, -0.2) is 9.97 Å². The fourth-order valence-electron chi connectivity index (χ4n) is 1.75. The highest BCUT2D eigenvalue weighted by Crippen LogP contribution is 2.21. The number of H-pyrrole nitrogens is 1. The van der Waals surface area contributed by atoms with Crippen molar-refractivity contribution >= 4 is 26.8 Å². The van der Waals surface area contributed by atoms with Crippen molar-refractivity contribution in [2.45, 2.75) is 20.3 Å². The first-order valence-corrected chi connectivity index (χ1v) is 6.04. The molecule has 0 fully saturated rings. The molecule has 0 aliphatic heterocycles. The van der Waals surface area contributed by atoms with Crippen molar-refractivity contribution in [3.63, 3.8) is 0 Å². The summed E-state index contributed by atoms with van der Waals surface area (Å²) in [4.78, 5) is 18.2. The van der Waals surface area contributed by atoms with Crippen LogP contribution in [0.25, 0.3) is 10.9 Å². The van der Waals surface area contributed by atoms with Gasteiger partial charge in [0, 0.05) is 15.6 Å². The van der Waals surface area contributed by atoms with Crippen LogP contribution in [0.3, 0.4) is 0 Å². The average Bonchev–Trinajstić information content (AvgIpc) is 2.18. The lowest BCUT2D eigenvalue weighted by atomic mass is 10.0. The Morgan fingerprint density at radius 3 is 2.88 bits per heavy atom. The van der Waals surface area contributed by atoms with E-state index in [0.717, 1.165) is 27.5 Å². The summed E-state index contributed by atoms with van der Waals surface area (Å²) in [5.41, 5.74) is 1.44. The number of aromatic amines is 1. The molecule has 1 aromatic carbocycles. The third-order valence-electron chi connectivity index (χ3n) is 2.38. The molecular weight excluding hydrogens is 268 g/mol. The molecule has 3 nitrogen and oxygen atoms in total. The number of hydrogen-bond acceptors (Lipinski definition) is 2. The first-order valence-electron chi connectivity index (χ1n) is 5.24. The zero-order chi connectivity index (χ0) is 11.7. The maximum atomic E-state index is 11.4. The van der Waals surface area contributed by atoms with Crippen LogP contribution < -0.4 is 5.69 Å². The number of hydrogen-bond donors (Lipinski definition) is 1.